The molecule has 2 aromatic carbocycles. The summed E-state index contributed by atoms with van der Waals surface area (Å²) in [5.41, 5.74) is -1.15. The van der Waals surface area contributed by atoms with Crippen molar-refractivity contribution in [3.8, 4) is 0 Å². The maximum absolute atomic E-state index is 12.5. The Morgan fingerprint density at radius 2 is 1.38 bits per heavy atom. The molecule has 0 fully saturated rings. The van der Waals surface area contributed by atoms with Gasteiger partial charge in [-0.1, -0.05) is 60.7 Å². The molecular formula is C17H15F3N2O2. The first-order valence-electron chi connectivity index (χ1n) is 7.01. The lowest BCUT2D eigenvalue weighted by atomic mass is 9.85. The van der Waals surface area contributed by atoms with E-state index in [0.29, 0.717) is 0 Å². The average Bonchev–Trinajstić information content (AvgIpc) is 2.59. The molecular weight excluding hydrogens is 321 g/mol. The molecule has 0 unspecified atom stereocenters. The van der Waals surface area contributed by atoms with Crippen LogP contribution in [0.2, 0.25) is 0 Å². The highest BCUT2D eigenvalue weighted by molar-refractivity contribution is 5.93. The molecule has 0 bridgehead atoms. The van der Waals surface area contributed by atoms with Crippen LogP contribution in [0.3, 0.4) is 0 Å². The standard InChI is InChI=1S/C17H15F3N2O2/c1-12(17(18,19)20)21-22-15(23)16(24,13-8-4-2-5-9-13)14-10-6-3-7-11-14/h2-11,24H,1H3,(H,22,23)/b21-12+. The highest BCUT2D eigenvalue weighted by atomic mass is 19.4. The molecule has 126 valence electrons. The van der Waals surface area contributed by atoms with Gasteiger partial charge in [0.25, 0.3) is 5.91 Å². The van der Waals surface area contributed by atoms with Gasteiger partial charge in [-0.2, -0.15) is 18.3 Å². The molecule has 4 nitrogen and oxygen atoms in total. The Morgan fingerprint density at radius 1 is 0.958 bits per heavy atom. The molecule has 2 aromatic rings. The lowest BCUT2D eigenvalue weighted by Gasteiger charge is -2.27. The fourth-order valence-corrected chi connectivity index (χ4v) is 2.07. The summed E-state index contributed by atoms with van der Waals surface area (Å²) < 4.78 is 37.5. The van der Waals surface area contributed by atoms with Gasteiger partial charge >= 0.3 is 6.18 Å². The topological polar surface area (TPSA) is 61.7 Å². The molecule has 0 saturated carbocycles. The number of benzene rings is 2. The molecule has 24 heavy (non-hydrogen) atoms. The fraction of sp³-hybridized carbons (Fsp3) is 0.176. The molecule has 0 aliphatic carbocycles. The van der Waals surface area contributed by atoms with E-state index in [1.807, 2.05) is 0 Å². The van der Waals surface area contributed by atoms with Crippen molar-refractivity contribution in [2.75, 3.05) is 0 Å². The van der Waals surface area contributed by atoms with E-state index in [2.05, 4.69) is 5.10 Å². The van der Waals surface area contributed by atoms with Crippen LogP contribution in [0, 0.1) is 0 Å². The van der Waals surface area contributed by atoms with E-state index in [0.717, 1.165) is 6.92 Å². The second kappa shape index (κ2) is 6.84. The minimum atomic E-state index is -4.66. The molecule has 0 spiro atoms. The lowest BCUT2D eigenvalue weighted by molar-refractivity contribution is -0.136. The quantitative estimate of drug-likeness (QED) is 0.666. The van der Waals surface area contributed by atoms with E-state index in [9.17, 15) is 23.1 Å². The van der Waals surface area contributed by atoms with Gasteiger partial charge in [-0.3, -0.25) is 4.79 Å². The number of carbonyl (C=O) groups is 1. The maximum atomic E-state index is 12.5. The molecule has 7 heteroatoms. The largest absolute Gasteiger partial charge is 0.430 e. The van der Waals surface area contributed by atoms with Gasteiger partial charge in [-0.15, -0.1) is 0 Å². The molecule has 0 radical (unpaired) electrons. The molecule has 0 aromatic heterocycles. The Morgan fingerprint density at radius 3 is 1.75 bits per heavy atom. The van der Waals surface area contributed by atoms with Gasteiger partial charge in [0, 0.05) is 0 Å². The van der Waals surface area contributed by atoms with Crippen molar-refractivity contribution in [3.63, 3.8) is 0 Å². The molecule has 2 rings (SSSR count). The number of rotatable bonds is 4. The number of carbonyl (C=O) groups excluding carboxylic acids is 1. The van der Waals surface area contributed by atoms with Crippen molar-refractivity contribution < 1.29 is 23.1 Å². The first-order chi connectivity index (χ1) is 11.3. The summed E-state index contributed by atoms with van der Waals surface area (Å²) in [4.78, 5) is 12.5. The monoisotopic (exact) mass is 336 g/mol. The number of halogens is 3. The van der Waals surface area contributed by atoms with Crippen LogP contribution in [0.1, 0.15) is 18.1 Å². The van der Waals surface area contributed by atoms with Crippen molar-refractivity contribution in [1.82, 2.24) is 5.43 Å². The van der Waals surface area contributed by atoms with Gasteiger partial charge in [0.2, 0.25) is 0 Å². The highest BCUT2D eigenvalue weighted by Gasteiger charge is 2.40. The molecule has 1 amide bonds. The Bertz CT molecular complexity index is 689. The van der Waals surface area contributed by atoms with Crippen LogP contribution in [0.15, 0.2) is 65.8 Å². The summed E-state index contributed by atoms with van der Waals surface area (Å²) in [7, 11) is 0. The summed E-state index contributed by atoms with van der Waals surface area (Å²) >= 11 is 0. The van der Waals surface area contributed by atoms with Gasteiger partial charge in [-0.05, 0) is 18.1 Å². The summed E-state index contributed by atoms with van der Waals surface area (Å²) in [6.45, 7) is 0.727. The number of hydrogen-bond donors (Lipinski definition) is 2. The van der Waals surface area contributed by atoms with Crippen molar-refractivity contribution in [3.05, 3.63) is 71.8 Å². The van der Waals surface area contributed by atoms with Crippen LogP contribution in [-0.2, 0) is 10.4 Å². The molecule has 2 N–H and O–H groups in total. The molecule has 0 atom stereocenters. The van der Waals surface area contributed by atoms with E-state index in [4.69, 9.17) is 0 Å². The number of hydrazone groups is 1. The van der Waals surface area contributed by atoms with Crippen LogP contribution >= 0.6 is 0 Å². The summed E-state index contributed by atoms with van der Waals surface area (Å²) in [5, 5.41) is 14.0. The minimum Gasteiger partial charge on any atom is -0.372 e. The molecule has 0 aliphatic heterocycles. The first kappa shape index (κ1) is 17.7. The van der Waals surface area contributed by atoms with Gasteiger partial charge in [0.1, 0.15) is 5.71 Å². The molecule has 0 saturated heterocycles. The van der Waals surface area contributed by atoms with E-state index >= 15 is 0 Å². The fourth-order valence-electron chi connectivity index (χ4n) is 2.07. The predicted molar refractivity (Wildman–Crippen MR) is 83.2 cm³/mol. The third kappa shape index (κ3) is 3.62. The van der Waals surface area contributed by atoms with Crippen molar-refractivity contribution >= 4 is 11.6 Å². The van der Waals surface area contributed by atoms with Crippen LogP contribution in [0.5, 0.6) is 0 Å². The van der Waals surface area contributed by atoms with E-state index in [1.165, 1.54) is 24.3 Å². The molecule has 0 heterocycles. The highest BCUT2D eigenvalue weighted by Crippen LogP contribution is 2.30. The Balaban J connectivity index is 2.43. The third-order valence-electron chi connectivity index (χ3n) is 3.45. The van der Waals surface area contributed by atoms with Crippen LogP contribution in [0.4, 0.5) is 13.2 Å². The van der Waals surface area contributed by atoms with Crippen LogP contribution in [-0.4, -0.2) is 22.9 Å². The van der Waals surface area contributed by atoms with Gasteiger partial charge in [0.15, 0.2) is 5.60 Å². The summed E-state index contributed by atoms with van der Waals surface area (Å²) in [6.07, 6.45) is -4.66. The van der Waals surface area contributed by atoms with Crippen molar-refractivity contribution in [2.24, 2.45) is 5.10 Å². The number of nitrogens with one attached hydrogen (secondary N) is 1. The first-order valence-corrected chi connectivity index (χ1v) is 7.01. The second-order valence-electron chi connectivity index (χ2n) is 5.08. The number of nitrogens with zero attached hydrogens (tertiary/aromatic N) is 1. The number of alkyl halides is 3. The number of amides is 1. The SMILES string of the molecule is C/C(=N\NC(=O)C(O)(c1ccccc1)c1ccccc1)C(F)(F)F. The average molecular weight is 336 g/mol. The smallest absolute Gasteiger partial charge is 0.372 e. The molecule has 0 aliphatic rings. The second-order valence-corrected chi connectivity index (χ2v) is 5.08. The maximum Gasteiger partial charge on any atom is 0.430 e. The van der Waals surface area contributed by atoms with E-state index < -0.39 is 23.4 Å². The third-order valence-corrected chi connectivity index (χ3v) is 3.45. The van der Waals surface area contributed by atoms with Gasteiger partial charge in [-0.25, -0.2) is 5.43 Å². The Hall–Kier alpha value is -2.67. The van der Waals surface area contributed by atoms with E-state index in [1.54, 1.807) is 41.8 Å². The Labute approximate surface area is 136 Å². The zero-order chi connectivity index (χ0) is 17.8. The minimum absolute atomic E-state index is 0.216. The van der Waals surface area contributed by atoms with Crippen LogP contribution < -0.4 is 5.43 Å². The normalized spacial score (nSPS) is 12.8. The van der Waals surface area contributed by atoms with Crippen LogP contribution in [0.25, 0.3) is 0 Å². The Kier molecular flexibility index (Phi) is 5.04. The predicted octanol–water partition coefficient (Wildman–Crippen LogP) is 2.98. The zero-order valence-corrected chi connectivity index (χ0v) is 12.7. The van der Waals surface area contributed by atoms with Crippen molar-refractivity contribution in [1.29, 1.82) is 0 Å². The zero-order valence-electron chi connectivity index (χ0n) is 12.7. The van der Waals surface area contributed by atoms with E-state index in [-0.39, 0.29) is 11.1 Å². The van der Waals surface area contributed by atoms with Gasteiger partial charge in [0.05, 0.1) is 0 Å². The number of aliphatic hydroxyl groups is 1. The summed E-state index contributed by atoms with van der Waals surface area (Å²) in [6, 6.07) is 15.9. The lowest BCUT2D eigenvalue weighted by Crippen LogP contribution is -2.44. The summed E-state index contributed by atoms with van der Waals surface area (Å²) in [5.74, 6) is -1.08. The van der Waals surface area contributed by atoms with Gasteiger partial charge < -0.3 is 5.11 Å². The van der Waals surface area contributed by atoms with Crippen molar-refractivity contribution in [2.45, 2.75) is 18.7 Å². The number of hydrogen-bond acceptors (Lipinski definition) is 3.